The summed E-state index contributed by atoms with van der Waals surface area (Å²) < 4.78 is 7.81. The molecule has 6 heteroatoms. The fourth-order valence-electron chi connectivity index (χ4n) is 3.31. The number of fused-ring (bicyclic) bond motifs is 2. The molecule has 126 valence electrons. The van der Waals surface area contributed by atoms with E-state index in [1.165, 1.54) is 12.8 Å². The third-order valence-corrected chi connectivity index (χ3v) is 4.89. The molecule has 6 nitrogen and oxygen atoms in total. The number of benzene rings is 1. The van der Waals surface area contributed by atoms with Crippen molar-refractivity contribution < 1.29 is 4.74 Å². The van der Waals surface area contributed by atoms with Crippen molar-refractivity contribution in [2.45, 2.75) is 12.8 Å². The SMILES string of the molecule is Cn1cc(-c2ccc3[nH]cnc3c2OCC2CC2)c2cc[nH]c2c1=O. The lowest BCUT2D eigenvalue weighted by atomic mass is 10.0. The summed E-state index contributed by atoms with van der Waals surface area (Å²) in [6.07, 6.45) is 7.82. The molecule has 0 amide bonds. The van der Waals surface area contributed by atoms with E-state index in [4.69, 9.17) is 4.74 Å². The zero-order chi connectivity index (χ0) is 17.0. The second kappa shape index (κ2) is 5.24. The number of rotatable bonds is 4. The number of aromatic nitrogens is 4. The summed E-state index contributed by atoms with van der Waals surface area (Å²) in [5.74, 6) is 1.43. The number of hydrogen-bond donors (Lipinski definition) is 2. The molecule has 1 aliphatic rings. The molecule has 25 heavy (non-hydrogen) atoms. The Balaban J connectivity index is 1.77. The summed E-state index contributed by atoms with van der Waals surface area (Å²) in [7, 11) is 1.77. The fraction of sp³-hybridized carbons (Fsp3) is 0.263. The normalized spacial score (nSPS) is 14.4. The fourth-order valence-corrected chi connectivity index (χ4v) is 3.31. The van der Waals surface area contributed by atoms with Gasteiger partial charge in [0, 0.05) is 36.0 Å². The number of nitrogens with zero attached hydrogens (tertiary/aromatic N) is 2. The van der Waals surface area contributed by atoms with Crippen LogP contribution in [0.15, 0.2) is 41.7 Å². The molecule has 0 unspecified atom stereocenters. The quantitative estimate of drug-likeness (QED) is 0.602. The third kappa shape index (κ3) is 2.25. The number of aromatic amines is 2. The third-order valence-electron chi connectivity index (χ3n) is 4.89. The Morgan fingerprint density at radius 1 is 1.24 bits per heavy atom. The second-order valence-electron chi connectivity index (χ2n) is 6.72. The van der Waals surface area contributed by atoms with Crippen LogP contribution >= 0.6 is 0 Å². The van der Waals surface area contributed by atoms with Gasteiger partial charge in [-0.15, -0.1) is 0 Å². The van der Waals surface area contributed by atoms with Crippen LogP contribution in [0, 0.1) is 5.92 Å². The van der Waals surface area contributed by atoms with Crippen molar-refractivity contribution in [1.82, 2.24) is 19.5 Å². The molecular weight excluding hydrogens is 316 g/mol. The Bertz CT molecular complexity index is 1150. The molecule has 4 aromatic rings. The van der Waals surface area contributed by atoms with Gasteiger partial charge in [0.2, 0.25) is 0 Å². The van der Waals surface area contributed by atoms with E-state index in [-0.39, 0.29) is 5.56 Å². The van der Waals surface area contributed by atoms with Gasteiger partial charge in [0.1, 0.15) is 11.0 Å². The van der Waals surface area contributed by atoms with Crippen molar-refractivity contribution in [2.75, 3.05) is 6.61 Å². The van der Waals surface area contributed by atoms with Crippen molar-refractivity contribution in [3.63, 3.8) is 0 Å². The Hall–Kier alpha value is -3.02. The Kier molecular flexibility index (Phi) is 3.00. The van der Waals surface area contributed by atoms with Crippen molar-refractivity contribution in [3.8, 4) is 16.9 Å². The first kappa shape index (κ1) is 14.3. The summed E-state index contributed by atoms with van der Waals surface area (Å²) in [5.41, 5.74) is 4.27. The number of nitrogens with one attached hydrogen (secondary N) is 2. The lowest BCUT2D eigenvalue weighted by Gasteiger charge is -2.14. The van der Waals surface area contributed by atoms with Crippen LogP contribution in [-0.2, 0) is 7.05 Å². The summed E-state index contributed by atoms with van der Waals surface area (Å²) in [6.45, 7) is 0.709. The summed E-state index contributed by atoms with van der Waals surface area (Å²) in [6, 6.07) is 5.98. The van der Waals surface area contributed by atoms with E-state index >= 15 is 0 Å². The molecule has 3 heterocycles. The van der Waals surface area contributed by atoms with E-state index in [1.807, 2.05) is 24.4 Å². The number of aryl methyl sites for hydroxylation is 1. The average molecular weight is 334 g/mol. The summed E-state index contributed by atoms with van der Waals surface area (Å²) in [4.78, 5) is 23.0. The molecule has 3 aromatic heterocycles. The largest absolute Gasteiger partial charge is 0.490 e. The Morgan fingerprint density at radius 2 is 2.12 bits per heavy atom. The van der Waals surface area contributed by atoms with Crippen LogP contribution in [0.4, 0.5) is 0 Å². The molecule has 0 atom stereocenters. The monoisotopic (exact) mass is 334 g/mol. The van der Waals surface area contributed by atoms with Gasteiger partial charge in [-0.1, -0.05) is 0 Å². The van der Waals surface area contributed by atoms with E-state index in [9.17, 15) is 4.79 Å². The number of imidazole rings is 1. The molecule has 5 rings (SSSR count). The van der Waals surface area contributed by atoms with Gasteiger partial charge < -0.3 is 19.3 Å². The molecule has 0 bridgehead atoms. The van der Waals surface area contributed by atoms with Gasteiger partial charge in [-0.05, 0) is 37.0 Å². The molecule has 0 radical (unpaired) electrons. The van der Waals surface area contributed by atoms with Crippen LogP contribution in [0.1, 0.15) is 12.8 Å². The standard InChI is InChI=1S/C19H18N4O2/c1-23-8-14(12-6-7-20-16(12)19(23)24)13-4-5-15-17(22-10-21-15)18(13)25-9-11-2-3-11/h4-8,10-11,20H,2-3,9H2,1H3,(H,21,22). The van der Waals surface area contributed by atoms with Gasteiger partial charge >= 0.3 is 0 Å². The minimum Gasteiger partial charge on any atom is -0.490 e. The highest BCUT2D eigenvalue weighted by Crippen LogP contribution is 2.39. The first-order valence-electron chi connectivity index (χ1n) is 8.48. The molecular formula is C19H18N4O2. The lowest BCUT2D eigenvalue weighted by Crippen LogP contribution is -2.16. The van der Waals surface area contributed by atoms with Crippen molar-refractivity contribution in [2.24, 2.45) is 13.0 Å². The topological polar surface area (TPSA) is 75.7 Å². The van der Waals surface area contributed by atoms with Crippen LogP contribution < -0.4 is 10.3 Å². The minimum absolute atomic E-state index is 0.0370. The molecule has 1 saturated carbocycles. The van der Waals surface area contributed by atoms with Crippen LogP contribution in [0.3, 0.4) is 0 Å². The highest BCUT2D eigenvalue weighted by atomic mass is 16.5. The summed E-state index contributed by atoms with van der Waals surface area (Å²) in [5, 5.41) is 0.897. The first-order chi connectivity index (χ1) is 12.2. The maximum atomic E-state index is 12.3. The number of ether oxygens (including phenoxy) is 1. The van der Waals surface area contributed by atoms with Gasteiger partial charge in [-0.25, -0.2) is 4.98 Å². The number of H-pyrrole nitrogens is 2. The summed E-state index contributed by atoms with van der Waals surface area (Å²) >= 11 is 0. The van der Waals surface area contributed by atoms with E-state index < -0.39 is 0 Å². The molecule has 1 aliphatic carbocycles. The average Bonchev–Trinajstić information content (AvgIpc) is 3.10. The molecule has 1 fully saturated rings. The number of hydrogen-bond acceptors (Lipinski definition) is 3. The van der Waals surface area contributed by atoms with Crippen LogP contribution in [0.5, 0.6) is 5.75 Å². The zero-order valence-electron chi connectivity index (χ0n) is 13.9. The molecule has 1 aromatic carbocycles. The highest BCUT2D eigenvalue weighted by Gasteiger charge is 2.24. The van der Waals surface area contributed by atoms with Gasteiger partial charge in [0.25, 0.3) is 5.56 Å². The smallest absolute Gasteiger partial charge is 0.274 e. The van der Waals surface area contributed by atoms with Gasteiger partial charge in [-0.3, -0.25) is 4.79 Å². The number of pyridine rings is 1. The minimum atomic E-state index is -0.0370. The van der Waals surface area contributed by atoms with E-state index in [0.717, 1.165) is 33.3 Å². The van der Waals surface area contributed by atoms with Crippen molar-refractivity contribution in [1.29, 1.82) is 0 Å². The van der Waals surface area contributed by atoms with Gasteiger partial charge in [0.05, 0.1) is 18.5 Å². The van der Waals surface area contributed by atoms with E-state index in [2.05, 4.69) is 15.0 Å². The maximum Gasteiger partial charge on any atom is 0.274 e. The predicted octanol–water partition coefficient (Wildman–Crippen LogP) is 3.20. The molecule has 0 saturated heterocycles. The zero-order valence-corrected chi connectivity index (χ0v) is 13.9. The van der Waals surface area contributed by atoms with Crippen molar-refractivity contribution in [3.05, 3.63) is 47.3 Å². The first-order valence-corrected chi connectivity index (χ1v) is 8.48. The molecule has 0 spiro atoms. The van der Waals surface area contributed by atoms with Gasteiger partial charge in [0.15, 0.2) is 5.75 Å². The predicted molar refractivity (Wildman–Crippen MR) is 96.8 cm³/mol. The Labute approximate surface area is 143 Å². The van der Waals surface area contributed by atoms with Crippen molar-refractivity contribution >= 4 is 21.9 Å². The molecule has 2 N–H and O–H groups in total. The van der Waals surface area contributed by atoms with Crippen LogP contribution in [-0.4, -0.2) is 26.1 Å². The molecule has 0 aliphatic heterocycles. The van der Waals surface area contributed by atoms with E-state index in [0.29, 0.717) is 18.0 Å². The second-order valence-corrected chi connectivity index (χ2v) is 6.72. The Morgan fingerprint density at radius 3 is 2.96 bits per heavy atom. The van der Waals surface area contributed by atoms with E-state index in [1.54, 1.807) is 24.1 Å². The lowest BCUT2D eigenvalue weighted by molar-refractivity contribution is 0.304. The maximum absolute atomic E-state index is 12.3. The van der Waals surface area contributed by atoms with Crippen LogP contribution in [0.25, 0.3) is 33.1 Å². The highest BCUT2D eigenvalue weighted by molar-refractivity contribution is 5.99. The van der Waals surface area contributed by atoms with Crippen LogP contribution in [0.2, 0.25) is 0 Å². The van der Waals surface area contributed by atoms with Gasteiger partial charge in [-0.2, -0.15) is 0 Å².